The molecule has 0 bridgehead atoms. The van der Waals surface area contributed by atoms with Gasteiger partial charge < -0.3 is 4.74 Å². The molecule has 0 fully saturated rings. The highest BCUT2D eigenvalue weighted by atomic mass is 32.2. The van der Waals surface area contributed by atoms with Crippen molar-refractivity contribution in [3.8, 4) is 11.4 Å². The first kappa shape index (κ1) is 18.7. The molecule has 0 saturated heterocycles. The fraction of sp³-hybridized carbons (Fsp3) is 0.167. The minimum atomic E-state index is -3.61. The van der Waals surface area contributed by atoms with E-state index in [9.17, 15) is 8.42 Å². The summed E-state index contributed by atoms with van der Waals surface area (Å²) in [5, 5.41) is 11.0. The van der Waals surface area contributed by atoms with Crippen LogP contribution in [-0.2, 0) is 16.6 Å². The number of hydrogen-bond donors (Lipinski definition) is 1. The van der Waals surface area contributed by atoms with Gasteiger partial charge in [0.05, 0.1) is 17.2 Å². The Morgan fingerprint density at radius 2 is 1.85 bits per heavy atom. The maximum Gasteiger partial charge on any atom is 0.240 e. The molecule has 0 aliphatic heterocycles. The summed E-state index contributed by atoms with van der Waals surface area (Å²) in [4.78, 5) is 0.184. The van der Waals surface area contributed by atoms with E-state index >= 15 is 0 Å². The standard InChI is InChI=1S/C18H19N5O3S/c1-2-3-12-26-17-8-10-18(11-9-17)27(24,25)20-13-15-4-6-16(7-5-15)23-14-19-21-22-23/h2,4-11,14,20H,1,3,12-13H2. The zero-order chi connectivity index (χ0) is 19.1. The molecular formula is C18H19N5O3S. The van der Waals surface area contributed by atoms with E-state index in [0.717, 1.165) is 17.7 Å². The quantitative estimate of drug-likeness (QED) is 0.447. The second-order valence-corrected chi connectivity index (χ2v) is 7.41. The van der Waals surface area contributed by atoms with Crippen molar-refractivity contribution in [1.82, 2.24) is 24.9 Å². The van der Waals surface area contributed by atoms with Gasteiger partial charge in [-0.25, -0.2) is 17.8 Å². The number of benzene rings is 2. The van der Waals surface area contributed by atoms with Crippen LogP contribution >= 0.6 is 0 Å². The number of sulfonamides is 1. The van der Waals surface area contributed by atoms with E-state index in [1.165, 1.54) is 23.1 Å². The fourth-order valence-corrected chi connectivity index (χ4v) is 3.30. The zero-order valence-electron chi connectivity index (χ0n) is 14.5. The summed E-state index contributed by atoms with van der Waals surface area (Å²) in [6.07, 6.45) is 3.98. The third kappa shape index (κ3) is 4.99. The SMILES string of the molecule is C=CCCOc1ccc(S(=O)(=O)NCc2ccc(-n3cnnn3)cc2)cc1. The molecule has 27 heavy (non-hydrogen) atoms. The van der Waals surface area contributed by atoms with Crippen LogP contribution in [0.25, 0.3) is 5.69 Å². The van der Waals surface area contributed by atoms with Crippen molar-refractivity contribution >= 4 is 10.0 Å². The van der Waals surface area contributed by atoms with Gasteiger partial charge in [-0.05, 0) is 58.8 Å². The summed E-state index contributed by atoms with van der Waals surface area (Å²) in [7, 11) is -3.61. The van der Waals surface area contributed by atoms with Crippen LogP contribution in [0.15, 0.2) is 72.4 Å². The third-order valence-electron chi connectivity index (χ3n) is 3.74. The van der Waals surface area contributed by atoms with E-state index in [1.54, 1.807) is 18.2 Å². The molecule has 1 N–H and O–H groups in total. The van der Waals surface area contributed by atoms with Gasteiger partial charge in [0.1, 0.15) is 12.1 Å². The van der Waals surface area contributed by atoms with Crippen LogP contribution < -0.4 is 9.46 Å². The highest BCUT2D eigenvalue weighted by molar-refractivity contribution is 7.89. The van der Waals surface area contributed by atoms with Gasteiger partial charge in [-0.1, -0.05) is 18.2 Å². The summed E-state index contributed by atoms with van der Waals surface area (Å²) in [6.45, 7) is 4.31. The molecule has 1 heterocycles. The van der Waals surface area contributed by atoms with Crippen molar-refractivity contribution in [2.24, 2.45) is 0 Å². The van der Waals surface area contributed by atoms with Crippen LogP contribution in [0.4, 0.5) is 0 Å². The molecule has 0 unspecified atom stereocenters. The monoisotopic (exact) mass is 385 g/mol. The molecule has 0 amide bonds. The van der Waals surface area contributed by atoms with Crippen LogP contribution in [0, 0.1) is 0 Å². The molecule has 9 heteroatoms. The van der Waals surface area contributed by atoms with E-state index in [1.807, 2.05) is 24.3 Å². The molecule has 3 aromatic rings. The van der Waals surface area contributed by atoms with Crippen LogP contribution in [0.2, 0.25) is 0 Å². The van der Waals surface area contributed by atoms with Crippen molar-refractivity contribution in [3.63, 3.8) is 0 Å². The lowest BCUT2D eigenvalue weighted by Gasteiger charge is -2.09. The lowest BCUT2D eigenvalue weighted by Crippen LogP contribution is -2.23. The lowest BCUT2D eigenvalue weighted by molar-refractivity contribution is 0.325. The molecule has 1 aromatic heterocycles. The molecule has 0 atom stereocenters. The first-order chi connectivity index (χ1) is 13.1. The van der Waals surface area contributed by atoms with E-state index in [4.69, 9.17) is 4.74 Å². The van der Waals surface area contributed by atoms with Crippen molar-refractivity contribution in [1.29, 1.82) is 0 Å². The van der Waals surface area contributed by atoms with Gasteiger partial charge in [-0.2, -0.15) is 0 Å². The van der Waals surface area contributed by atoms with Crippen molar-refractivity contribution < 1.29 is 13.2 Å². The summed E-state index contributed by atoms with van der Waals surface area (Å²) >= 11 is 0. The second-order valence-electron chi connectivity index (χ2n) is 5.64. The predicted octanol–water partition coefficient (Wildman–Crippen LogP) is 2.10. The lowest BCUT2D eigenvalue weighted by atomic mass is 10.2. The molecule has 8 nitrogen and oxygen atoms in total. The number of nitrogens with one attached hydrogen (secondary N) is 1. The first-order valence-electron chi connectivity index (χ1n) is 8.24. The first-order valence-corrected chi connectivity index (χ1v) is 9.72. The topological polar surface area (TPSA) is 99.0 Å². The van der Waals surface area contributed by atoms with Gasteiger partial charge >= 0.3 is 0 Å². The number of hydrogen-bond acceptors (Lipinski definition) is 6. The molecule has 0 aliphatic carbocycles. The largest absolute Gasteiger partial charge is 0.493 e. The Bertz CT molecular complexity index is 969. The van der Waals surface area contributed by atoms with E-state index in [0.29, 0.717) is 12.4 Å². The molecule has 0 aliphatic rings. The summed E-state index contributed by atoms with van der Waals surface area (Å²) in [5.74, 6) is 0.619. The highest BCUT2D eigenvalue weighted by Gasteiger charge is 2.13. The van der Waals surface area contributed by atoms with Crippen molar-refractivity contribution in [3.05, 3.63) is 73.1 Å². The van der Waals surface area contributed by atoms with Gasteiger partial charge in [0.2, 0.25) is 10.0 Å². The third-order valence-corrected chi connectivity index (χ3v) is 5.16. The molecule has 0 saturated carbocycles. The van der Waals surface area contributed by atoms with Crippen molar-refractivity contribution in [2.45, 2.75) is 17.9 Å². The Kier molecular flexibility index (Phi) is 5.94. The second kappa shape index (κ2) is 8.56. The number of ether oxygens (including phenoxy) is 1. The molecule has 0 radical (unpaired) electrons. The number of nitrogens with zero attached hydrogens (tertiary/aromatic N) is 4. The van der Waals surface area contributed by atoms with Gasteiger partial charge in [-0.3, -0.25) is 0 Å². The van der Waals surface area contributed by atoms with E-state index in [-0.39, 0.29) is 11.4 Å². The molecule has 0 spiro atoms. The zero-order valence-corrected chi connectivity index (χ0v) is 15.3. The maximum absolute atomic E-state index is 12.4. The maximum atomic E-state index is 12.4. The fourth-order valence-electron chi connectivity index (χ4n) is 2.28. The predicted molar refractivity (Wildman–Crippen MR) is 99.9 cm³/mol. The molecule has 3 rings (SSSR count). The minimum absolute atomic E-state index is 0.176. The Morgan fingerprint density at radius 1 is 1.11 bits per heavy atom. The van der Waals surface area contributed by atoms with Crippen LogP contribution in [-0.4, -0.2) is 35.2 Å². The highest BCUT2D eigenvalue weighted by Crippen LogP contribution is 2.17. The Hall–Kier alpha value is -3.04. The van der Waals surface area contributed by atoms with Gasteiger partial charge in [-0.15, -0.1) is 11.7 Å². The normalized spacial score (nSPS) is 11.3. The van der Waals surface area contributed by atoms with Gasteiger partial charge in [0.15, 0.2) is 0 Å². The van der Waals surface area contributed by atoms with E-state index in [2.05, 4.69) is 26.8 Å². The number of aromatic nitrogens is 4. The molecular weight excluding hydrogens is 366 g/mol. The summed E-state index contributed by atoms with van der Waals surface area (Å²) in [6, 6.07) is 13.6. The van der Waals surface area contributed by atoms with Crippen LogP contribution in [0.3, 0.4) is 0 Å². The molecule has 2 aromatic carbocycles. The van der Waals surface area contributed by atoms with Gasteiger partial charge in [0, 0.05) is 6.54 Å². The van der Waals surface area contributed by atoms with E-state index < -0.39 is 10.0 Å². The average Bonchev–Trinajstić information content (AvgIpc) is 3.22. The number of rotatable bonds is 9. The van der Waals surface area contributed by atoms with Crippen LogP contribution in [0.5, 0.6) is 5.75 Å². The summed E-state index contributed by atoms with van der Waals surface area (Å²) < 4.78 is 34.5. The average molecular weight is 385 g/mol. The smallest absolute Gasteiger partial charge is 0.240 e. The Balaban J connectivity index is 1.60. The van der Waals surface area contributed by atoms with Crippen LogP contribution in [0.1, 0.15) is 12.0 Å². The summed E-state index contributed by atoms with van der Waals surface area (Å²) in [5.41, 5.74) is 1.61. The number of tetrazole rings is 1. The minimum Gasteiger partial charge on any atom is -0.493 e. The Morgan fingerprint density at radius 3 is 2.48 bits per heavy atom. The van der Waals surface area contributed by atoms with Gasteiger partial charge in [0.25, 0.3) is 0 Å². The molecule has 140 valence electrons. The van der Waals surface area contributed by atoms with Crippen molar-refractivity contribution in [2.75, 3.05) is 6.61 Å². The Labute approximate surface area is 157 Å².